The summed E-state index contributed by atoms with van der Waals surface area (Å²) >= 11 is 0. The monoisotopic (exact) mass is 271 g/mol. The van der Waals surface area contributed by atoms with Crippen molar-refractivity contribution in [2.45, 2.75) is 26.8 Å². The number of aryl methyl sites for hydroxylation is 2. The fourth-order valence-corrected chi connectivity index (χ4v) is 2.52. The largest absolute Gasteiger partial charge is 0.493 e. The van der Waals surface area contributed by atoms with E-state index in [9.17, 15) is 8.42 Å². The van der Waals surface area contributed by atoms with Crippen LogP contribution in [0.2, 0.25) is 0 Å². The number of ether oxygens (including phenoxy) is 1. The molecule has 18 heavy (non-hydrogen) atoms. The predicted octanol–water partition coefficient (Wildman–Crippen LogP) is 1.58. The van der Waals surface area contributed by atoms with Crippen molar-refractivity contribution in [1.29, 1.82) is 0 Å². The highest BCUT2D eigenvalue weighted by atomic mass is 32.2. The van der Waals surface area contributed by atoms with Crippen molar-refractivity contribution in [3.05, 3.63) is 28.8 Å². The third kappa shape index (κ3) is 4.66. The van der Waals surface area contributed by atoms with Crippen molar-refractivity contribution >= 4 is 9.84 Å². The standard InChI is InChI=1S/C13H21NO3S/c1-10-7-12(9-14)8-11(2)13(10)17-5-4-6-18(3,15)16/h7-8H,4-6,9,14H2,1-3H3. The predicted molar refractivity (Wildman–Crippen MR) is 73.6 cm³/mol. The Morgan fingerprint density at radius 1 is 1.22 bits per heavy atom. The van der Waals surface area contributed by atoms with Crippen LogP contribution >= 0.6 is 0 Å². The SMILES string of the molecule is Cc1cc(CN)cc(C)c1OCCCS(C)(=O)=O. The van der Waals surface area contributed by atoms with E-state index in [-0.39, 0.29) is 5.75 Å². The van der Waals surface area contributed by atoms with Gasteiger partial charge in [0.05, 0.1) is 12.4 Å². The molecule has 0 aliphatic rings. The maximum absolute atomic E-state index is 11.0. The normalized spacial score (nSPS) is 11.6. The van der Waals surface area contributed by atoms with Crippen molar-refractivity contribution in [2.75, 3.05) is 18.6 Å². The minimum Gasteiger partial charge on any atom is -0.493 e. The Balaban J connectivity index is 2.63. The van der Waals surface area contributed by atoms with Gasteiger partial charge in [-0.15, -0.1) is 0 Å². The maximum atomic E-state index is 11.0. The molecule has 0 atom stereocenters. The smallest absolute Gasteiger partial charge is 0.147 e. The van der Waals surface area contributed by atoms with Gasteiger partial charge in [-0.25, -0.2) is 8.42 Å². The summed E-state index contributed by atoms with van der Waals surface area (Å²) < 4.78 is 27.6. The first kappa shape index (κ1) is 15.0. The summed E-state index contributed by atoms with van der Waals surface area (Å²) in [6, 6.07) is 4.00. The summed E-state index contributed by atoms with van der Waals surface area (Å²) in [5.74, 6) is 0.993. The molecule has 0 aromatic heterocycles. The third-order valence-electron chi connectivity index (χ3n) is 2.66. The van der Waals surface area contributed by atoms with E-state index < -0.39 is 9.84 Å². The van der Waals surface area contributed by atoms with E-state index in [0.29, 0.717) is 19.6 Å². The summed E-state index contributed by atoms with van der Waals surface area (Å²) in [5, 5.41) is 0. The molecular weight excluding hydrogens is 250 g/mol. The summed E-state index contributed by atoms with van der Waals surface area (Å²) in [6.45, 7) is 4.86. The summed E-state index contributed by atoms with van der Waals surface area (Å²) in [7, 11) is -2.91. The minimum atomic E-state index is -2.91. The molecule has 102 valence electrons. The first-order chi connectivity index (χ1) is 8.33. The van der Waals surface area contributed by atoms with Gasteiger partial charge in [-0.05, 0) is 37.0 Å². The fraction of sp³-hybridized carbons (Fsp3) is 0.538. The van der Waals surface area contributed by atoms with E-state index in [1.807, 2.05) is 26.0 Å². The second-order valence-electron chi connectivity index (χ2n) is 4.59. The van der Waals surface area contributed by atoms with Crippen molar-refractivity contribution < 1.29 is 13.2 Å². The van der Waals surface area contributed by atoms with Gasteiger partial charge in [0.2, 0.25) is 0 Å². The van der Waals surface area contributed by atoms with E-state index in [4.69, 9.17) is 10.5 Å². The lowest BCUT2D eigenvalue weighted by Gasteiger charge is -2.13. The average Bonchev–Trinajstić information content (AvgIpc) is 2.25. The molecule has 0 aliphatic heterocycles. The molecule has 0 heterocycles. The van der Waals surface area contributed by atoms with Gasteiger partial charge in [-0.1, -0.05) is 12.1 Å². The lowest BCUT2D eigenvalue weighted by Crippen LogP contribution is -2.09. The zero-order valence-corrected chi connectivity index (χ0v) is 12.0. The Hall–Kier alpha value is -1.07. The molecule has 1 aromatic carbocycles. The highest BCUT2D eigenvalue weighted by molar-refractivity contribution is 7.90. The van der Waals surface area contributed by atoms with E-state index in [2.05, 4.69) is 0 Å². The van der Waals surface area contributed by atoms with Gasteiger partial charge >= 0.3 is 0 Å². The molecule has 0 aliphatic carbocycles. The molecule has 5 heteroatoms. The second-order valence-corrected chi connectivity index (χ2v) is 6.85. The lowest BCUT2D eigenvalue weighted by molar-refractivity contribution is 0.313. The van der Waals surface area contributed by atoms with Crippen LogP contribution in [0.15, 0.2) is 12.1 Å². The molecule has 0 radical (unpaired) electrons. The lowest BCUT2D eigenvalue weighted by atomic mass is 10.1. The summed E-state index contributed by atoms with van der Waals surface area (Å²) in [6.07, 6.45) is 1.75. The molecule has 0 unspecified atom stereocenters. The Morgan fingerprint density at radius 3 is 2.22 bits per heavy atom. The number of benzene rings is 1. The molecule has 0 fully saturated rings. The Labute approximate surface area is 109 Å². The van der Waals surface area contributed by atoms with Crippen molar-refractivity contribution in [2.24, 2.45) is 5.73 Å². The van der Waals surface area contributed by atoms with Gasteiger partial charge < -0.3 is 10.5 Å². The molecule has 0 saturated carbocycles. The van der Waals surface area contributed by atoms with E-state index in [1.165, 1.54) is 6.26 Å². The van der Waals surface area contributed by atoms with Crippen LogP contribution in [0.4, 0.5) is 0 Å². The van der Waals surface area contributed by atoms with E-state index in [0.717, 1.165) is 22.4 Å². The van der Waals surface area contributed by atoms with Crippen LogP contribution in [-0.2, 0) is 16.4 Å². The fourth-order valence-electron chi connectivity index (χ4n) is 1.88. The van der Waals surface area contributed by atoms with Crippen LogP contribution in [0.5, 0.6) is 5.75 Å². The number of sulfone groups is 1. The summed E-state index contributed by atoms with van der Waals surface area (Å²) in [4.78, 5) is 0. The van der Waals surface area contributed by atoms with Gasteiger partial charge in [0.1, 0.15) is 15.6 Å². The number of rotatable bonds is 6. The molecule has 0 amide bonds. The van der Waals surface area contributed by atoms with Crippen LogP contribution in [0.1, 0.15) is 23.1 Å². The van der Waals surface area contributed by atoms with E-state index >= 15 is 0 Å². The van der Waals surface area contributed by atoms with Crippen molar-refractivity contribution in [3.63, 3.8) is 0 Å². The minimum absolute atomic E-state index is 0.159. The van der Waals surface area contributed by atoms with Crippen LogP contribution in [0.3, 0.4) is 0 Å². The zero-order chi connectivity index (χ0) is 13.8. The van der Waals surface area contributed by atoms with Gasteiger partial charge in [0, 0.05) is 12.8 Å². The van der Waals surface area contributed by atoms with Crippen LogP contribution in [0, 0.1) is 13.8 Å². The number of hydrogen-bond acceptors (Lipinski definition) is 4. The molecule has 2 N–H and O–H groups in total. The van der Waals surface area contributed by atoms with Crippen molar-refractivity contribution in [3.8, 4) is 5.75 Å². The number of hydrogen-bond donors (Lipinski definition) is 1. The number of nitrogens with two attached hydrogens (primary N) is 1. The second kappa shape index (κ2) is 6.20. The van der Waals surface area contributed by atoms with E-state index in [1.54, 1.807) is 0 Å². The van der Waals surface area contributed by atoms with Gasteiger partial charge in [-0.2, -0.15) is 0 Å². The topological polar surface area (TPSA) is 69.4 Å². The highest BCUT2D eigenvalue weighted by Crippen LogP contribution is 2.24. The van der Waals surface area contributed by atoms with Gasteiger partial charge in [-0.3, -0.25) is 0 Å². The Kier molecular flexibility index (Phi) is 5.16. The summed E-state index contributed by atoms with van der Waals surface area (Å²) in [5.41, 5.74) is 8.75. The third-order valence-corrected chi connectivity index (χ3v) is 3.69. The molecule has 0 saturated heterocycles. The maximum Gasteiger partial charge on any atom is 0.147 e. The van der Waals surface area contributed by atoms with Gasteiger partial charge in [0.15, 0.2) is 0 Å². The molecule has 4 nitrogen and oxygen atoms in total. The molecule has 0 spiro atoms. The zero-order valence-electron chi connectivity index (χ0n) is 11.2. The quantitative estimate of drug-likeness (QED) is 0.797. The van der Waals surface area contributed by atoms with Crippen LogP contribution < -0.4 is 10.5 Å². The van der Waals surface area contributed by atoms with Crippen LogP contribution in [-0.4, -0.2) is 27.0 Å². The van der Waals surface area contributed by atoms with Crippen molar-refractivity contribution in [1.82, 2.24) is 0 Å². The van der Waals surface area contributed by atoms with Crippen LogP contribution in [0.25, 0.3) is 0 Å². The first-order valence-corrected chi connectivity index (χ1v) is 8.00. The Morgan fingerprint density at radius 2 is 1.78 bits per heavy atom. The molecule has 1 aromatic rings. The average molecular weight is 271 g/mol. The molecule has 0 bridgehead atoms. The highest BCUT2D eigenvalue weighted by Gasteiger charge is 2.07. The van der Waals surface area contributed by atoms with Gasteiger partial charge in [0.25, 0.3) is 0 Å². The first-order valence-electron chi connectivity index (χ1n) is 5.94. The Bertz CT molecular complexity index is 486. The molecular formula is C13H21NO3S. The molecule has 1 rings (SSSR count).